The van der Waals surface area contributed by atoms with Crippen molar-refractivity contribution in [3.63, 3.8) is 0 Å². The Morgan fingerprint density at radius 3 is 2.14 bits per heavy atom. The Kier molecular flexibility index (Phi) is 13.5. The molecule has 16 heteroatoms. The van der Waals surface area contributed by atoms with E-state index in [2.05, 4.69) is 20.3 Å². The monoisotopic (exact) mass is 893 g/mol. The molecule has 2 aliphatic carbocycles. The van der Waals surface area contributed by atoms with Crippen LogP contribution in [0.25, 0.3) is 11.1 Å². The number of sulfonamides is 1. The number of esters is 2. The van der Waals surface area contributed by atoms with Crippen molar-refractivity contribution in [3.8, 4) is 16.9 Å². The molecule has 15 nitrogen and oxygen atoms in total. The fraction of sp³-hybridized carbons (Fsp3) is 0.396. The number of nitrogens with zero attached hydrogens (tertiary/aromatic N) is 1. The molecule has 4 aromatic carbocycles. The normalized spacial score (nSPS) is 18.9. The van der Waals surface area contributed by atoms with Gasteiger partial charge in [-0.2, -0.15) is 4.72 Å². The number of hydrogen-bond donors (Lipinski definition) is 4. The van der Waals surface area contributed by atoms with Crippen LogP contribution in [-0.2, 0) is 51.6 Å². The summed E-state index contributed by atoms with van der Waals surface area (Å²) in [4.78, 5) is 57.3. The highest BCUT2D eigenvalue weighted by Crippen LogP contribution is 2.45. The molecule has 5 N–H and O–H groups in total. The van der Waals surface area contributed by atoms with Crippen molar-refractivity contribution in [3.05, 3.63) is 118 Å². The zero-order valence-electron chi connectivity index (χ0n) is 36.9. The lowest BCUT2D eigenvalue weighted by Crippen LogP contribution is -2.48. The van der Waals surface area contributed by atoms with Gasteiger partial charge in [0.25, 0.3) is 0 Å². The molecule has 0 spiro atoms. The zero-order chi connectivity index (χ0) is 45.9. The van der Waals surface area contributed by atoms with Crippen molar-refractivity contribution in [2.24, 2.45) is 22.6 Å². The van der Waals surface area contributed by atoms with Crippen LogP contribution in [0, 0.1) is 32.6 Å². The lowest BCUT2D eigenvalue weighted by molar-refractivity contribution is -0.150. The van der Waals surface area contributed by atoms with Crippen molar-refractivity contribution in [1.82, 2.24) is 15.4 Å². The maximum absolute atomic E-state index is 14.4. The molecule has 0 aromatic heterocycles. The average Bonchev–Trinajstić information content (AvgIpc) is 3.89. The first-order valence-corrected chi connectivity index (χ1v) is 22.8. The van der Waals surface area contributed by atoms with Crippen LogP contribution in [-0.4, -0.2) is 76.3 Å². The van der Waals surface area contributed by atoms with E-state index in [1.807, 2.05) is 75.4 Å². The summed E-state index contributed by atoms with van der Waals surface area (Å²) < 4.78 is 53.8. The van der Waals surface area contributed by atoms with Gasteiger partial charge in [0.15, 0.2) is 5.96 Å². The second-order valence-electron chi connectivity index (χ2n) is 17.1. The summed E-state index contributed by atoms with van der Waals surface area (Å²) in [6.07, 6.45) is 0.535. The van der Waals surface area contributed by atoms with E-state index in [0.717, 1.165) is 33.4 Å². The van der Waals surface area contributed by atoms with E-state index in [-0.39, 0.29) is 49.4 Å². The quantitative estimate of drug-likeness (QED) is 0.0377. The van der Waals surface area contributed by atoms with Crippen molar-refractivity contribution in [2.45, 2.75) is 95.4 Å². The third kappa shape index (κ3) is 9.77. The fourth-order valence-electron chi connectivity index (χ4n) is 8.82. The number of guanidine groups is 1. The second-order valence-corrected chi connectivity index (χ2v) is 18.8. The van der Waals surface area contributed by atoms with Crippen LogP contribution in [0.1, 0.15) is 78.0 Å². The predicted molar refractivity (Wildman–Crippen MR) is 239 cm³/mol. The van der Waals surface area contributed by atoms with Gasteiger partial charge in [-0.15, -0.1) is 0 Å². The van der Waals surface area contributed by atoms with E-state index in [0.29, 0.717) is 35.3 Å². The van der Waals surface area contributed by atoms with E-state index >= 15 is 0 Å². The lowest BCUT2D eigenvalue weighted by atomic mass is 9.88. The Morgan fingerprint density at radius 1 is 0.859 bits per heavy atom. The number of rotatable bonds is 15. The smallest absolute Gasteiger partial charge is 0.413 e. The van der Waals surface area contributed by atoms with Crippen LogP contribution < -0.4 is 25.8 Å². The molecule has 0 saturated heterocycles. The summed E-state index contributed by atoms with van der Waals surface area (Å²) in [5.74, 6) is -4.02. The third-order valence-electron chi connectivity index (χ3n) is 12.4. The van der Waals surface area contributed by atoms with Crippen molar-refractivity contribution < 1.29 is 46.5 Å². The van der Waals surface area contributed by atoms with Gasteiger partial charge in [0.2, 0.25) is 15.9 Å². The van der Waals surface area contributed by atoms with Gasteiger partial charge in [0.05, 0.1) is 29.9 Å². The van der Waals surface area contributed by atoms with E-state index in [1.165, 1.54) is 7.11 Å². The number of aliphatic imine (C=N–C) groups is 1. The maximum atomic E-state index is 14.4. The first-order valence-electron chi connectivity index (χ1n) is 21.4. The predicted octanol–water partition coefficient (Wildman–Crippen LogP) is 5.64. The molecule has 338 valence electrons. The minimum Gasteiger partial charge on any atom is -0.487 e. The first kappa shape index (κ1) is 45.8. The largest absolute Gasteiger partial charge is 0.487 e. The molecule has 7 rings (SSSR count). The van der Waals surface area contributed by atoms with Gasteiger partial charge in [-0.3, -0.25) is 24.7 Å². The molecule has 0 bridgehead atoms. The van der Waals surface area contributed by atoms with Crippen LogP contribution >= 0.6 is 0 Å². The standard InChI is InChI=1S/C48H55N5O10S/c1-27-28(2)42(29(3)31-22-23-48(4,5)63-41(27)31)64(58,59)53-37(43(54)51-40-38(44(55)60-6)39(40)45(56)61-25-30-15-8-7-9-16-30)21-14-24-50-46(49)52-47(57)62-26-36-34-19-12-10-17-32(34)33-18-11-13-20-35(33)36/h7-13,15-20,36-40,53H,14,21-26H2,1-6H3,(H,51,54)(H3,49,50,52,57)/t37-,38+,39+,40-/m0/s1. The molecule has 1 fully saturated rings. The highest BCUT2D eigenvalue weighted by atomic mass is 32.2. The lowest BCUT2D eigenvalue weighted by Gasteiger charge is -2.35. The molecule has 1 saturated carbocycles. The van der Waals surface area contributed by atoms with Crippen LogP contribution in [0.4, 0.5) is 4.79 Å². The number of amides is 2. The minimum absolute atomic E-state index is 0.00716. The Labute approximate surface area is 373 Å². The number of nitrogens with two attached hydrogens (primary N) is 1. The first-order chi connectivity index (χ1) is 30.5. The Morgan fingerprint density at radius 2 is 1.48 bits per heavy atom. The molecule has 1 heterocycles. The zero-order valence-corrected chi connectivity index (χ0v) is 37.7. The molecular weight excluding hydrogens is 839 g/mol. The molecule has 3 aliphatic rings. The van der Waals surface area contributed by atoms with Crippen LogP contribution in [0.3, 0.4) is 0 Å². The molecule has 4 atom stereocenters. The molecule has 0 radical (unpaired) electrons. The highest BCUT2D eigenvalue weighted by Gasteiger charge is 2.62. The summed E-state index contributed by atoms with van der Waals surface area (Å²) in [5, 5.41) is 5.17. The molecule has 1 aliphatic heterocycles. The van der Waals surface area contributed by atoms with Gasteiger partial charge in [0, 0.05) is 12.5 Å². The van der Waals surface area contributed by atoms with Crippen molar-refractivity contribution >= 4 is 39.9 Å². The van der Waals surface area contributed by atoms with Gasteiger partial charge in [-0.25, -0.2) is 13.2 Å². The summed E-state index contributed by atoms with van der Waals surface area (Å²) in [6, 6.07) is 22.5. The van der Waals surface area contributed by atoms with E-state index in [9.17, 15) is 27.6 Å². The van der Waals surface area contributed by atoms with Crippen LogP contribution in [0.2, 0.25) is 0 Å². The van der Waals surface area contributed by atoms with Crippen LogP contribution in [0.5, 0.6) is 5.75 Å². The Balaban J connectivity index is 1.04. The Bertz CT molecular complexity index is 2550. The highest BCUT2D eigenvalue weighted by molar-refractivity contribution is 7.89. The fourth-order valence-corrected chi connectivity index (χ4v) is 10.6. The molecule has 2 amide bonds. The van der Waals surface area contributed by atoms with Crippen molar-refractivity contribution in [2.75, 3.05) is 20.3 Å². The molecule has 0 unspecified atom stereocenters. The second kappa shape index (κ2) is 18.8. The van der Waals surface area contributed by atoms with E-state index in [1.54, 1.807) is 38.1 Å². The molecular formula is C48H55N5O10S. The maximum Gasteiger partial charge on any atom is 0.413 e. The number of alkyl carbamates (subject to hydrolysis) is 1. The summed E-state index contributed by atoms with van der Waals surface area (Å²) in [5.41, 5.74) is 13.1. The number of fused-ring (bicyclic) bond motifs is 4. The van der Waals surface area contributed by atoms with Gasteiger partial charge in [0.1, 0.15) is 30.6 Å². The SMILES string of the molecule is COC(=O)[C@H]1[C@H](NC(=O)[C@H](CCCN=C(N)NC(=O)OCC2c3ccccc3-c3ccccc32)NS(=O)(=O)c2c(C)c(C)c3c(c2C)CCC(C)(C)O3)[C@@H]1C(=O)OCc1ccccc1. The number of carbonyl (C=O) groups is 4. The number of carbonyl (C=O) groups excluding carboxylic acids is 4. The number of hydrogen-bond acceptors (Lipinski definition) is 11. The Hall–Kier alpha value is -6.26. The summed E-state index contributed by atoms with van der Waals surface area (Å²) in [6.45, 7) is 9.24. The summed E-state index contributed by atoms with van der Waals surface area (Å²) in [7, 11) is -3.20. The van der Waals surface area contributed by atoms with Gasteiger partial charge >= 0.3 is 18.0 Å². The molecule has 64 heavy (non-hydrogen) atoms. The number of benzene rings is 4. The van der Waals surface area contributed by atoms with E-state index in [4.69, 9.17) is 24.7 Å². The summed E-state index contributed by atoms with van der Waals surface area (Å²) >= 11 is 0. The molecule has 4 aromatic rings. The van der Waals surface area contributed by atoms with E-state index < -0.39 is 63.5 Å². The van der Waals surface area contributed by atoms with Gasteiger partial charge < -0.3 is 30.0 Å². The number of methoxy groups -OCH3 is 1. The topological polar surface area (TPSA) is 214 Å². The number of ether oxygens (including phenoxy) is 4. The minimum atomic E-state index is -4.37. The van der Waals surface area contributed by atoms with Crippen LogP contribution in [0.15, 0.2) is 88.8 Å². The van der Waals surface area contributed by atoms with Crippen molar-refractivity contribution in [1.29, 1.82) is 0 Å². The third-order valence-corrected chi connectivity index (χ3v) is 14.1. The number of nitrogens with one attached hydrogen (secondary N) is 3. The average molecular weight is 894 g/mol. The van der Waals surface area contributed by atoms with Gasteiger partial charge in [-0.1, -0.05) is 78.9 Å². The van der Waals surface area contributed by atoms with Gasteiger partial charge in [-0.05, 0) is 110 Å².